The Hall–Kier alpha value is -3.30. The second-order valence-corrected chi connectivity index (χ2v) is 10.2. The van der Waals surface area contributed by atoms with Crippen molar-refractivity contribution in [3.05, 3.63) is 77.0 Å². The summed E-state index contributed by atoms with van der Waals surface area (Å²) in [7, 11) is 1.42. The van der Waals surface area contributed by atoms with Crippen molar-refractivity contribution in [3.63, 3.8) is 0 Å². The number of methoxy groups -OCH3 is 1. The quantitative estimate of drug-likeness (QED) is 0.428. The van der Waals surface area contributed by atoms with Gasteiger partial charge in [-0.2, -0.15) is 0 Å². The van der Waals surface area contributed by atoms with Gasteiger partial charge in [0, 0.05) is 19.3 Å². The molecule has 9 heteroatoms. The summed E-state index contributed by atoms with van der Waals surface area (Å²) in [6.45, 7) is 5.45. The van der Waals surface area contributed by atoms with E-state index < -0.39 is 40.2 Å². The fraction of sp³-hybridized carbons (Fsp3) is 0.393. The third-order valence-electron chi connectivity index (χ3n) is 7.09. The number of halogens is 3. The average Bonchev–Trinajstić information content (AvgIpc) is 2.84. The number of amides is 1. The Kier molecular flexibility index (Phi) is 7.66. The lowest BCUT2D eigenvalue weighted by Gasteiger charge is -2.32. The summed E-state index contributed by atoms with van der Waals surface area (Å²) in [5.41, 5.74) is 5.46. The molecule has 2 aromatic heterocycles. The van der Waals surface area contributed by atoms with Crippen molar-refractivity contribution in [1.82, 2.24) is 9.97 Å². The number of hydrogen-bond donors (Lipinski definition) is 2. The van der Waals surface area contributed by atoms with Crippen molar-refractivity contribution in [2.45, 2.75) is 57.6 Å². The van der Waals surface area contributed by atoms with Gasteiger partial charge < -0.3 is 15.8 Å². The Bertz CT molecular complexity index is 1280. The van der Waals surface area contributed by atoms with Gasteiger partial charge in [0.15, 0.2) is 0 Å². The van der Waals surface area contributed by atoms with Crippen LogP contribution < -0.4 is 11.1 Å². The summed E-state index contributed by atoms with van der Waals surface area (Å²) < 4.78 is 50.0. The summed E-state index contributed by atoms with van der Waals surface area (Å²) in [6, 6.07) is 6.21. The molecule has 2 heterocycles. The highest BCUT2D eigenvalue weighted by molar-refractivity contribution is 6.03. The first kappa shape index (κ1) is 26.8. The highest BCUT2D eigenvalue weighted by Gasteiger charge is 2.29. The SMILES string of the molecule is COC(C)(C)c1cc(F)c(-c2nc(C(=O)Nc3cnccc3[C@@H]3C[C@H](C)C[C@H](N)C3)ccc2F)c(F)c1. The normalized spacial score (nSPS) is 20.1. The largest absolute Gasteiger partial charge is 0.374 e. The van der Waals surface area contributed by atoms with E-state index in [9.17, 15) is 9.18 Å². The molecule has 1 aromatic carbocycles. The van der Waals surface area contributed by atoms with Crippen LogP contribution in [0.15, 0.2) is 42.7 Å². The lowest BCUT2D eigenvalue weighted by molar-refractivity contribution is 0.0187. The van der Waals surface area contributed by atoms with Crippen LogP contribution in [0.4, 0.5) is 18.9 Å². The van der Waals surface area contributed by atoms with E-state index in [1.54, 1.807) is 20.0 Å². The molecule has 3 aromatic rings. The minimum Gasteiger partial charge on any atom is -0.374 e. The van der Waals surface area contributed by atoms with Crippen LogP contribution in [0.1, 0.15) is 67.6 Å². The molecule has 0 saturated heterocycles. The Morgan fingerprint density at radius 1 is 1.08 bits per heavy atom. The third-order valence-corrected chi connectivity index (χ3v) is 7.09. The van der Waals surface area contributed by atoms with Crippen LogP contribution >= 0.6 is 0 Å². The number of hydrogen-bond acceptors (Lipinski definition) is 5. The van der Waals surface area contributed by atoms with Gasteiger partial charge in [0.25, 0.3) is 5.91 Å². The fourth-order valence-electron chi connectivity index (χ4n) is 4.97. The molecule has 0 aliphatic heterocycles. The van der Waals surface area contributed by atoms with Crippen molar-refractivity contribution < 1.29 is 22.7 Å². The molecule has 6 nitrogen and oxygen atoms in total. The van der Waals surface area contributed by atoms with E-state index in [1.165, 1.54) is 19.4 Å². The van der Waals surface area contributed by atoms with Crippen LogP contribution in [0.25, 0.3) is 11.3 Å². The van der Waals surface area contributed by atoms with Gasteiger partial charge in [0.2, 0.25) is 0 Å². The van der Waals surface area contributed by atoms with Crippen LogP contribution in [0, 0.1) is 23.4 Å². The second-order valence-electron chi connectivity index (χ2n) is 10.2. The van der Waals surface area contributed by atoms with Gasteiger partial charge in [0.1, 0.15) is 28.8 Å². The Morgan fingerprint density at radius 3 is 2.43 bits per heavy atom. The summed E-state index contributed by atoms with van der Waals surface area (Å²) in [4.78, 5) is 21.2. The van der Waals surface area contributed by atoms with Crippen LogP contribution in [0.3, 0.4) is 0 Å². The predicted octanol–water partition coefficient (Wildman–Crippen LogP) is 5.93. The van der Waals surface area contributed by atoms with Crippen molar-refractivity contribution in [2.24, 2.45) is 11.7 Å². The minimum atomic E-state index is -1.01. The van der Waals surface area contributed by atoms with Gasteiger partial charge in [-0.25, -0.2) is 18.2 Å². The molecule has 1 amide bonds. The molecular formula is C28H31F3N4O2. The van der Waals surface area contributed by atoms with Gasteiger partial charge in [-0.15, -0.1) is 0 Å². The van der Waals surface area contributed by atoms with Gasteiger partial charge in [-0.3, -0.25) is 9.78 Å². The molecule has 3 N–H and O–H groups in total. The van der Waals surface area contributed by atoms with Gasteiger partial charge >= 0.3 is 0 Å². The summed E-state index contributed by atoms with van der Waals surface area (Å²) in [6.07, 6.45) is 5.85. The number of carbonyl (C=O) groups is 1. The molecule has 196 valence electrons. The van der Waals surface area contributed by atoms with Gasteiger partial charge in [0.05, 0.1) is 23.0 Å². The van der Waals surface area contributed by atoms with Gasteiger partial charge in [-0.1, -0.05) is 6.92 Å². The molecule has 0 spiro atoms. The standard InChI is InChI=1S/C28H31F3N4O2/c1-15-9-16(11-18(32)10-15)19-7-8-33-14-24(19)35-27(36)23-6-5-20(29)26(34-23)25-21(30)12-17(13-22(25)31)28(2,3)37-4/h5-8,12-16,18H,9-11,32H2,1-4H3,(H,35,36)/t15-,16+,18-/m0/s1. The number of carbonyl (C=O) groups excluding carboxylic acids is 1. The van der Waals surface area contributed by atoms with Crippen molar-refractivity contribution >= 4 is 11.6 Å². The lowest BCUT2D eigenvalue weighted by Crippen LogP contribution is -2.31. The lowest BCUT2D eigenvalue weighted by atomic mass is 9.76. The molecule has 37 heavy (non-hydrogen) atoms. The zero-order valence-electron chi connectivity index (χ0n) is 21.3. The average molecular weight is 513 g/mol. The second kappa shape index (κ2) is 10.6. The number of benzene rings is 1. The van der Waals surface area contributed by atoms with E-state index in [2.05, 4.69) is 22.2 Å². The minimum absolute atomic E-state index is 0.0671. The molecule has 1 saturated carbocycles. The summed E-state index contributed by atoms with van der Waals surface area (Å²) >= 11 is 0. The fourth-order valence-corrected chi connectivity index (χ4v) is 4.97. The molecule has 3 atom stereocenters. The predicted molar refractivity (Wildman–Crippen MR) is 136 cm³/mol. The maximum atomic E-state index is 15.0. The third kappa shape index (κ3) is 5.67. The number of pyridine rings is 2. The zero-order chi connectivity index (χ0) is 26.9. The monoisotopic (exact) mass is 512 g/mol. The number of nitrogens with two attached hydrogens (primary N) is 1. The van der Waals surface area contributed by atoms with E-state index in [0.717, 1.165) is 43.0 Å². The Morgan fingerprint density at radius 2 is 1.78 bits per heavy atom. The highest BCUT2D eigenvalue weighted by Crippen LogP contribution is 2.38. The van der Waals surface area contributed by atoms with Crippen LogP contribution in [0.2, 0.25) is 0 Å². The maximum Gasteiger partial charge on any atom is 0.274 e. The molecule has 4 rings (SSSR count). The zero-order valence-corrected chi connectivity index (χ0v) is 21.3. The van der Waals surface area contributed by atoms with E-state index in [0.29, 0.717) is 11.6 Å². The molecule has 1 aliphatic carbocycles. The number of nitrogens with zero attached hydrogens (tertiary/aromatic N) is 2. The van der Waals surface area contributed by atoms with E-state index in [-0.39, 0.29) is 23.2 Å². The number of aromatic nitrogens is 2. The molecule has 0 bridgehead atoms. The topological polar surface area (TPSA) is 90.1 Å². The number of nitrogens with one attached hydrogen (secondary N) is 1. The Balaban J connectivity index is 1.65. The van der Waals surface area contributed by atoms with E-state index >= 15 is 8.78 Å². The molecule has 0 unspecified atom stereocenters. The molecular weight excluding hydrogens is 481 g/mol. The first-order valence-electron chi connectivity index (χ1n) is 12.2. The van der Waals surface area contributed by atoms with Crippen LogP contribution in [0.5, 0.6) is 0 Å². The summed E-state index contributed by atoms with van der Waals surface area (Å²) in [5, 5.41) is 2.79. The van der Waals surface area contributed by atoms with E-state index in [4.69, 9.17) is 10.5 Å². The summed E-state index contributed by atoms with van der Waals surface area (Å²) in [5.74, 6) is -3.05. The smallest absolute Gasteiger partial charge is 0.274 e. The number of ether oxygens (including phenoxy) is 1. The van der Waals surface area contributed by atoms with Crippen LogP contribution in [-0.4, -0.2) is 29.0 Å². The number of rotatable bonds is 6. The molecule has 0 radical (unpaired) electrons. The van der Waals surface area contributed by atoms with Crippen LogP contribution in [-0.2, 0) is 10.3 Å². The highest BCUT2D eigenvalue weighted by atomic mass is 19.1. The van der Waals surface area contributed by atoms with Crippen molar-refractivity contribution in [1.29, 1.82) is 0 Å². The first-order valence-corrected chi connectivity index (χ1v) is 12.2. The Labute approximate surface area is 214 Å². The van der Waals surface area contributed by atoms with Crippen molar-refractivity contribution in [3.8, 4) is 11.3 Å². The molecule has 1 fully saturated rings. The molecule has 1 aliphatic rings. The van der Waals surface area contributed by atoms with Gasteiger partial charge in [-0.05, 0) is 86.4 Å². The van der Waals surface area contributed by atoms with Crippen molar-refractivity contribution in [2.75, 3.05) is 12.4 Å². The number of anilines is 1. The first-order chi connectivity index (χ1) is 17.5. The maximum absolute atomic E-state index is 15.0. The van der Waals surface area contributed by atoms with E-state index in [1.807, 2.05) is 6.07 Å².